The Bertz CT molecular complexity index is 1580. The number of rotatable bonds is 5. The second kappa shape index (κ2) is 10.4. The smallest absolute Gasteiger partial charge is 0.150 e. The summed E-state index contributed by atoms with van der Waals surface area (Å²) in [5, 5.41) is 10.7. The van der Waals surface area contributed by atoms with Crippen molar-refractivity contribution in [3.8, 4) is 33.6 Å². The summed E-state index contributed by atoms with van der Waals surface area (Å²) in [6.45, 7) is 3.00. The number of aromatic nitrogens is 6. The first-order valence-electron chi connectivity index (χ1n) is 14.0. The summed E-state index contributed by atoms with van der Waals surface area (Å²) in [4.78, 5) is 11.8. The van der Waals surface area contributed by atoms with Crippen LogP contribution in [0.3, 0.4) is 0 Å². The third kappa shape index (κ3) is 4.75. The molecule has 2 aliphatic heterocycles. The largest absolute Gasteiger partial charge is 0.357 e. The minimum atomic E-state index is -0.0456. The summed E-state index contributed by atoms with van der Waals surface area (Å²) in [5.74, 6) is 0. The van der Waals surface area contributed by atoms with E-state index in [0.29, 0.717) is 6.04 Å². The molecule has 5 aromatic rings. The quantitative estimate of drug-likeness (QED) is 0.284. The first-order chi connectivity index (χ1) is 19.2. The van der Waals surface area contributed by atoms with Gasteiger partial charge in [0, 0.05) is 41.1 Å². The lowest BCUT2D eigenvalue weighted by Gasteiger charge is -2.28. The molecule has 0 N–H and O–H groups in total. The summed E-state index contributed by atoms with van der Waals surface area (Å²) in [7, 11) is 2.19. The molecule has 1 unspecified atom stereocenters. The Morgan fingerprint density at radius 2 is 1.69 bits per heavy atom. The van der Waals surface area contributed by atoms with Crippen molar-refractivity contribution in [1.29, 1.82) is 0 Å². The van der Waals surface area contributed by atoms with Gasteiger partial charge < -0.3 is 9.64 Å². The first kappa shape index (κ1) is 24.2. The van der Waals surface area contributed by atoms with E-state index in [9.17, 15) is 0 Å². The molecule has 8 heteroatoms. The minimum absolute atomic E-state index is 0.0456. The molecule has 5 heterocycles. The SMILES string of the molecule is CN1CCC(n2cc(-c3ccc4c(-c5cn(C6CCCCO6)nc5-c5ccccc5)ncnc4c3)cn2)CC1. The van der Waals surface area contributed by atoms with Crippen LogP contribution >= 0.6 is 0 Å². The fourth-order valence-electron chi connectivity index (χ4n) is 5.85. The summed E-state index contributed by atoms with van der Waals surface area (Å²) in [6.07, 6.45) is 13.4. The maximum absolute atomic E-state index is 6.06. The maximum Gasteiger partial charge on any atom is 0.150 e. The highest BCUT2D eigenvalue weighted by atomic mass is 16.5. The average Bonchev–Trinajstić information content (AvgIpc) is 3.67. The number of fused-ring (bicyclic) bond motifs is 1. The summed E-state index contributed by atoms with van der Waals surface area (Å²) in [6, 6.07) is 17.2. The molecule has 2 aliphatic rings. The second-order valence-electron chi connectivity index (χ2n) is 10.8. The van der Waals surface area contributed by atoms with Crippen LogP contribution in [-0.4, -0.2) is 61.2 Å². The number of likely N-dealkylation sites (tertiary alicyclic amines) is 1. The third-order valence-corrected chi connectivity index (χ3v) is 8.12. The van der Waals surface area contributed by atoms with E-state index in [1.807, 2.05) is 29.1 Å². The fraction of sp³-hybridized carbons (Fsp3) is 0.355. The summed E-state index contributed by atoms with van der Waals surface area (Å²) >= 11 is 0. The van der Waals surface area contributed by atoms with Crippen molar-refractivity contribution < 1.29 is 4.74 Å². The Morgan fingerprint density at radius 1 is 0.821 bits per heavy atom. The predicted molar refractivity (Wildman–Crippen MR) is 152 cm³/mol. The van der Waals surface area contributed by atoms with E-state index in [1.54, 1.807) is 6.33 Å². The van der Waals surface area contributed by atoms with Crippen LogP contribution in [0, 0.1) is 0 Å². The molecule has 2 aromatic carbocycles. The number of ether oxygens (including phenoxy) is 1. The van der Waals surface area contributed by atoms with E-state index in [0.717, 1.165) is 96.3 Å². The third-order valence-electron chi connectivity index (χ3n) is 8.12. The second-order valence-corrected chi connectivity index (χ2v) is 10.8. The zero-order chi connectivity index (χ0) is 26.2. The lowest BCUT2D eigenvalue weighted by atomic mass is 10.0. The average molecular weight is 520 g/mol. The number of piperidine rings is 1. The number of benzene rings is 2. The van der Waals surface area contributed by atoms with Gasteiger partial charge in [0.25, 0.3) is 0 Å². The molecule has 0 radical (unpaired) electrons. The van der Waals surface area contributed by atoms with Crippen molar-refractivity contribution in [3.63, 3.8) is 0 Å². The Labute approximate surface area is 228 Å². The highest BCUT2D eigenvalue weighted by Crippen LogP contribution is 2.36. The molecule has 2 saturated heterocycles. The zero-order valence-electron chi connectivity index (χ0n) is 22.3. The van der Waals surface area contributed by atoms with Crippen LogP contribution < -0.4 is 0 Å². The van der Waals surface area contributed by atoms with E-state index in [1.165, 1.54) is 0 Å². The van der Waals surface area contributed by atoms with Gasteiger partial charge in [-0.1, -0.05) is 36.4 Å². The van der Waals surface area contributed by atoms with Gasteiger partial charge in [-0.2, -0.15) is 10.2 Å². The van der Waals surface area contributed by atoms with Crippen LogP contribution in [0.15, 0.2) is 73.4 Å². The Balaban J connectivity index is 1.26. The van der Waals surface area contributed by atoms with Crippen LogP contribution in [0.25, 0.3) is 44.5 Å². The molecule has 0 spiro atoms. The van der Waals surface area contributed by atoms with E-state index in [2.05, 4.69) is 64.3 Å². The van der Waals surface area contributed by atoms with E-state index in [4.69, 9.17) is 19.9 Å². The van der Waals surface area contributed by atoms with E-state index < -0.39 is 0 Å². The van der Waals surface area contributed by atoms with E-state index >= 15 is 0 Å². The molecule has 0 saturated carbocycles. The van der Waals surface area contributed by atoms with E-state index in [-0.39, 0.29) is 6.23 Å². The lowest BCUT2D eigenvalue weighted by molar-refractivity contribution is -0.0393. The van der Waals surface area contributed by atoms with Gasteiger partial charge in [-0.15, -0.1) is 0 Å². The molecule has 0 aliphatic carbocycles. The monoisotopic (exact) mass is 519 g/mol. The maximum atomic E-state index is 6.06. The Hall–Kier alpha value is -3.88. The standard InChI is InChI=1S/C31H33N7O/c1-36-14-12-25(13-15-36)37-19-24(18-34-37)23-10-11-26-28(17-23)32-21-33-31(26)27-20-38(29-9-5-6-16-39-29)35-30(27)22-7-3-2-4-8-22/h2-4,7-8,10-11,17-21,25,29H,5-6,9,12-16H2,1H3. The van der Waals surface area contributed by atoms with Gasteiger partial charge in [-0.3, -0.25) is 4.68 Å². The van der Waals surface area contributed by atoms with Gasteiger partial charge in [0.1, 0.15) is 18.2 Å². The molecule has 3 aromatic heterocycles. The van der Waals surface area contributed by atoms with Crippen LogP contribution in [0.4, 0.5) is 0 Å². The highest BCUT2D eigenvalue weighted by Gasteiger charge is 2.23. The van der Waals surface area contributed by atoms with Gasteiger partial charge >= 0.3 is 0 Å². The topological polar surface area (TPSA) is 73.9 Å². The normalized spacial score (nSPS) is 19.1. The zero-order valence-corrected chi connectivity index (χ0v) is 22.3. The van der Waals surface area contributed by atoms with Crippen LogP contribution in [0.2, 0.25) is 0 Å². The lowest BCUT2D eigenvalue weighted by Crippen LogP contribution is -2.31. The number of hydrogen-bond acceptors (Lipinski definition) is 6. The molecular weight excluding hydrogens is 486 g/mol. The molecule has 0 bridgehead atoms. The Kier molecular flexibility index (Phi) is 6.42. The van der Waals surface area contributed by atoms with Crippen molar-refractivity contribution in [1.82, 2.24) is 34.4 Å². The van der Waals surface area contributed by atoms with Gasteiger partial charge in [0.2, 0.25) is 0 Å². The van der Waals surface area contributed by atoms with Gasteiger partial charge in [0.05, 0.1) is 23.4 Å². The molecule has 8 nitrogen and oxygen atoms in total. The molecule has 0 amide bonds. The van der Waals surface area contributed by atoms with Crippen LogP contribution in [0.5, 0.6) is 0 Å². The van der Waals surface area contributed by atoms with Gasteiger partial charge in [-0.25, -0.2) is 14.6 Å². The summed E-state index contributed by atoms with van der Waals surface area (Å²) in [5.41, 5.74) is 6.98. The van der Waals surface area contributed by atoms with Crippen molar-refractivity contribution in [2.24, 2.45) is 0 Å². The van der Waals surface area contributed by atoms with Crippen LogP contribution in [-0.2, 0) is 4.74 Å². The number of hydrogen-bond donors (Lipinski definition) is 0. The molecule has 198 valence electrons. The molecular formula is C31H33N7O. The molecule has 7 rings (SSSR count). The van der Waals surface area contributed by atoms with Crippen molar-refractivity contribution in [2.45, 2.75) is 44.4 Å². The van der Waals surface area contributed by atoms with Gasteiger partial charge in [-0.05, 0) is 69.9 Å². The fourth-order valence-corrected chi connectivity index (χ4v) is 5.85. The van der Waals surface area contributed by atoms with Crippen molar-refractivity contribution in [2.75, 3.05) is 26.7 Å². The van der Waals surface area contributed by atoms with Crippen LogP contribution in [0.1, 0.15) is 44.4 Å². The number of nitrogens with zero attached hydrogens (tertiary/aromatic N) is 7. The Morgan fingerprint density at radius 3 is 2.51 bits per heavy atom. The van der Waals surface area contributed by atoms with Gasteiger partial charge in [0.15, 0.2) is 0 Å². The predicted octanol–water partition coefficient (Wildman–Crippen LogP) is 5.99. The van der Waals surface area contributed by atoms with Crippen molar-refractivity contribution in [3.05, 3.63) is 73.4 Å². The molecule has 2 fully saturated rings. The van der Waals surface area contributed by atoms with Crippen molar-refractivity contribution >= 4 is 10.9 Å². The molecule has 1 atom stereocenters. The first-order valence-corrected chi connectivity index (χ1v) is 14.0. The summed E-state index contributed by atoms with van der Waals surface area (Å²) < 4.78 is 10.2. The minimum Gasteiger partial charge on any atom is -0.357 e. The molecule has 39 heavy (non-hydrogen) atoms. The highest BCUT2D eigenvalue weighted by molar-refractivity contribution is 5.97.